The van der Waals surface area contributed by atoms with Crippen molar-refractivity contribution in [2.75, 3.05) is 0 Å². The van der Waals surface area contributed by atoms with Crippen LogP contribution in [0.25, 0.3) is 0 Å². The molecular formula is C20H40N4O4. The molecular weight excluding hydrogens is 360 g/mol. The van der Waals surface area contributed by atoms with Gasteiger partial charge in [0.05, 0.1) is 0 Å². The number of ether oxygens (including phenoxy) is 2. The van der Waals surface area contributed by atoms with E-state index >= 15 is 0 Å². The number of rotatable bonds is 2. The summed E-state index contributed by atoms with van der Waals surface area (Å²) in [4.78, 5) is 22.7. The predicted molar refractivity (Wildman–Crippen MR) is 110 cm³/mol. The molecule has 2 aliphatic carbocycles. The standard InChI is InChI=1S/2C10H20N2O2/c2*1-10(2,3)14-9(13)12-8-6-4-5-7(8)11/h2*7-8H,4-6,11H2,1-3H3,(H,12,13)/t2*7-,8-/m10/s1. The van der Waals surface area contributed by atoms with E-state index in [2.05, 4.69) is 10.6 Å². The largest absolute Gasteiger partial charge is 0.444 e. The van der Waals surface area contributed by atoms with E-state index in [-0.39, 0.29) is 36.4 Å². The highest BCUT2D eigenvalue weighted by Gasteiger charge is 2.28. The molecule has 0 bridgehead atoms. The maximum Gasteiger partial charge on any atom is 0.407 e. The molecule has 8 heteroatoms. The summed E-state index contributed by atoms with van der Waals surface area (Å²) in [5.74, 6) is 0. The number of nitrogens with one attached hydrogen (secondary N) is 2. The average Bonchev–Trinajstić information content (AvgIpc) is 3.05. The molecule has 0 radical (unpaired) electrons. The molecule has 2 aliphatic rings. The van der Waals surface area contributed by atoms with Crippen molar-refractivity contribution >= 4 is 12.2 Å². The first-order valence-corrected chi connectivity index (χ1v) is 10.3. The molecule has 0 saturated heterocycles. The van der Waals surface area contributed by atoms with Crippen LogP contribution in [0.3, 0.4) is 0 Å². The van der Waals surface area contributed by atoms with E-state index in [9.17, 15) is 9.59 Å². The van der Waals surface area contributed by atoms with Gasteiger partial charge in [-0.15, -0.1) is 0 Å². The number of amides is 2. The summed E-state index contributed by atoms with van der Waals surface area (Å²) in [6, 6.07) is 0.347. The highest BCUT2D eigenvalue weighted by Crippen LogP contribution is 2.18. The van der Waals surface area contributed by atoms with Gasteiger partial charge < -0.3 is 31.6 Å². The molecule has 0 aromatic rings. The van der Waals surface area contributed by atoms with Crippen LogP contribution in [0.4, 0.5) is 9.59 Å². The van der Waals surface area contributed by atoms with E-state index in [4.69, 9.17) is 20.9 Å². The van der Waals surface area contributed by atoms with E-state index in [0.29, 0.717) is 0 Å². The molecule has 6 N–H and O–H groups in total. The first-order chi connectivity index (χ1) is 12.8. The zero-order valence-corrected chi connectivity index (χ0v) is 18.3. The van der Waals surface area contributed by atoms with Gasteiger partial charge in [-0.05, 0) is 80.1 Å². The van der Waals surface area contributed by atoms with Crippen LogP contribution in [0.1, 0.15) is 80.1 Å². The smallest absolute Gasteiger partial charge is 0.407 e. The fraction of sp³-hybridized carbons (Fsp3) is 0.900. The van der Waals surface area contributed by atoms with Crippen molar-refractivity contribution in [1.29, 1.82) is 0 Å². The van der Waals surface area contributed by atoms with Crippen molar-refractivity contribution in [3.05, 3.63) is 0 Å². The fourth-order valence-electron chi connectivity index (χ4n) is 3.25. The van der Waals surface area contributed by atoms with E-state index in [1.807, 2.05) is 41.5 Å². The SMILES string of the molecule is CC(C)(C)OC(=O)N[C@@H]1CCC[C@H]1N.CC(C)(C)OC(=O)N[C@H]1CCC[C@@H]1N. The van der Waals surface area contributed by atoms with E-state index < -0.39 is 11.2 Å². The molecule has 28 heavy (non-hydrogen) atoms. The van der Waals surface area contributed by atoms with Gasteiger partial charge in [0.2, 0.25) is 0 Å². The van der Waals surface area contributed by atoms with Gasteiger partial charge in [0.1, 0.15) is 11.2 Å². The first kappa shape index (κ1) is 24.5. The zero-order chi connectivity index (χ0) is 21.5. The maximum atomic E-state index is 11.4. The highest BCUT2D eigenvalue weighted by atomic mass is 16.6. The van der Waals surface area contributed by atoms with Crippen molar-refractivity contribution in [2.45, 2.75) is 115 Å². The van der Waals surface area contributed by atoms with Gasteiger partial charge in [0, 0.05) is 24.2 Å². The Hall–Kier alpha value is -1.54. The summed E-state index contributed by atoms with van der Waals surface area (Å²) in [6.07, 6.45) is 5.34. The lowest BCUT2D eigenvalue weighted by atomic mass is 10.2. The molecule has 2 fully saturated rings. The molecule has 0 aromatic heterocycles. The summed E-state index contributed by atoms with van der Waals surface area (Å²) in [5, 5.41) is 5.60. The molecule has 0 spiro atoms. The topological polar surface area (TPSA) is 129 Å². The van der Waals surface area contributed by atoms with Crippen LogP contribution in [0.5, 0.6) is 0 Å². The fourth-order valence-corrected chi connectivity index (χ4v) is 3.25. The molecule has 0 unspecified atom stereocenters. The normalized spacial score (nSPS) is 27.4. The third-order valence-corrected chi connectivity index (χ3v) is 4.54. The monoisotopic (exact) mass is 400 g/mol. The van der Waals surface area contributed by atoms with Crippen molar-refractivity contribution in [3.8, 4) is 0 Å². The number of hydrogen-bond acceptors (Lipinski definition) is 6. The van der Waals surface area contributed by atoms with Crippen LogP contribution in [-0.4, -0.2) is 47.6 Å². The second kappa shape index (κ2) is 10.3. The Morgan fingerprint density at radius 2 is 1.04 bits per heavy atom. The van der Waals surface area contributed by atoms with Gasteiger partial charge in [0.15, 0.2) is 0 Å². The first-order valence-electron chi connectivity index (χ1n) is 10.3. The lowest BCUT2D eigenvalue weighted by molar-refractivity contribution is 0.0490. The summed E-state index contributed by atoms with van der Waals surface area (Å²) >= 11 is 0. The summed E-state index contributed by atoms with van der Waals surface area (Å²) in [6.45, 7) is 11.1. The predicted octanol–water partition coefficient (Wildman–Crippen LogP) is 2.78. The van der Waals surface area contributed by atoms with E-state index in [0.717, 1.165) is 38.5 Å². The molecule has 0 aromatic carbocycles. The second-order valence-corrected chi connectivity index (χ2v) is 9.69. The Kier molecular flexibility index (Phi) is 9.01. The Balaban J connectivity index is 0.000000280. The van der Waals surface area contributed by atoms with Gasteiger partial charge >= 0.3 is 12.2 Å². The van der Waals surface area contributed by atoms with E-state index in [1.54, 1.807) is 0 Å². The van der Waals surface area contributed by atoms with Crippen LogP contribution in [0.15, 0.2) is 0 Å². The number of nitrogens with two attached hydrogens (primary N) is 2. The molecule has 164 valence electrons. The van der Waals surface area contributed by atoms with E-state index in [1.165, 1.54) is 0 Å². The minimum Gasteiger partial charge on any atom is -0.444 e. The number of hydrogen-bond donors (Lipinski definition) is 4. The second-order valence-electron chi connectivity index (χ2n) is 9.69. The van der Waals surface area contributed by atoms with Gasteiger partial charge in [0.25, 0.3) is 0 Å². The van der Waals surface area contributed by atoms with Crippen LogP contribution in [-0.2, 0) is 9.47 Å². The van der Waals surface area contributed by atoms with Crippen molar-refractivity contribution in [3.63, 3.8) is 0 Å². The highest BCUT2D eigenvalue weighted by molar-refractivity contribution is 5.68. The quantitative estimate of drug-likeness (QED) is 0.564. The summed E-state index contributed by atoms with van der Waals surface area (Å²) < 4.78 is 10.3. The van der Waals surface area contributed by atoms with Crippen LogP contribution in [0.2, 0.25) is 0 Å². The number of carbonyl (C=O) groups excluding carboxylic acids is 2. The average molecular weight is 401 g/mol. The molecule has 2 rings (SSSR count). The van der Waals surface area contributed by atoms with Gasteiger partial charge in [-0.1, -0.05) is 0 Å². The molecule has 8 nitrogen and oxygen atoms in total. The third-order valence-electron chi connectivity index (χ3n) is 4.54. The molecule has 2 amide bonds. The number of carbonyl (C=O) groups is 2. The molecule has 0 aliphatic heterocycles. The van der Waals surface area contributed by atoms with Crippen molar-refractivity contribution < 1.29 is 19.1 Å². The minimum atomic E-state index is -0.438. The van der Waals surface area contributed by atoms with Crippen molar-refractivity contribution in [2.24, 2.45) is 11.5 Å². The lowest BCUT2D eigenvalue weighted by Gasteiger charge is -2.23. The lowest BCUT2D eigenvalue weighted by Crippen LogP contribution is -2.45. The van der Waals surface area contributed by atoms with Gasteiger partial charge in [-0.25, -0.2) is 9.59 Å². The Bertz CT molecular complexity index is 467. The number of alkyl carbamates (subject to hydrolysis) is 2. The summed E-state index contributed by atoms with van der Waals surface area (Å²) in [5.41, 5.74) is 10.8. The molecule has 4 atom stereocenters. The van der Waals surface area contributed by atoms with Crippen LogP contribution >= 0.6 is 0 Å². The molecule has 0 heterocycles. The minimum absolute atomic E-state index is 0.0857. The summed E-state index contributed by atoms with van der Waals surface area (Å²) in [7, 11) is 0. The van der Waals surface area contributed by atoms with Crippen LogP contribution < -0.4 is 22.1 Å². The Labute approximate surface area is 169 Å². The van der Waals surface area contributed by atoms with Crippen molar-refractivity contribution in [1.82, 2.24) is 10.6 Å². The Morgan fingerprint density at radius 1 is 0.714 bits per heavy atom. The molecule has 2 saturated carbocycles. The third kappa shape index (κ3) is 10.1. The van der Waals surface area contributed by atoms with Gasteiger partial charge in [-0.3, -0.25) is 0 Å². The van der Waals surface area contributed by atoms with Crippen LogP contribution in [0, 0.1) is 0 Å². The Morgan fingerprint density at radius 3 is 1.25 bits per heavy atom. The maximum absolute atomic E-state index is 11.4. The zero-order valence-electron chi connectivity index (χ0n) is 18.3. The van der Waals surface area contributed by atoms with Gasteiger partial charge in [-0.2, -0.15) is 0 Å².